The quantitative estimate of drug-likeness (QED) is 0.530. The van der Waals surface area contributed by atoms with Gasteiger partial charge in [-0.3, -0.25) is 9.69 Å². The van der Waals surface area contributed by atoms with E-state index in [9.17, 15) is 23.6 Å². The number of benzene rings is 2. The number of amides is 2. The fourth-order valence-corrected chi connectivity index (χ4v) is 4.86. The van der Waals surface area contributed by atoms with Gasteiger partial charge in [0.1, 0.15) is 29.1 Å². The summed E-state index contributed by atoms with van der Waals surface area (Å²) in [5.41, 5.74) is -0.364. The minimum atomic E-state index is -1.07. The fraction of sp³-hybridized carbons (Fsp3) is 0.375. The van der Waals surface area contributed by atoms with Crippen LogP contribution in [-0.2, 0) is 9.53 Å². The van der Waals surface area contributed by atoms with Gasteiger partial charge in [0.05, 0.1) is 35.4 Å². The molecule has 2 N–H and O–H groups in total. The Labute approximate surface area is 210 Å². The molecule has 2 saturated heterocycles. The molecule has 2 aliphatic heterocycles. The number of rotatable bonds is 7. The van der Waals surface area contributed by atoms with E-state index >= 15 is 4.39 Å². The number of anilines is 3. The molecule has 0 bridgehead atoms. The van der Waals surface area contributed by atoms with Crippen LogP contribution in [0.1, 0.15) is 19.8 Å². The topological polar surface area (TPSA) is 97.7 Å². The standard InChI is InChI=1S/C24H24F3N5O3S/c1-15(33)30-36-13-18-12-32(23(34)35-18)17-3-5-22(20(27)11-17)31-8-6-24(14-28,7-9-31)29-21-4-2-16(25)10-19(21)26/h2-5,10-11,18,29H,6-9,12-13H2,1H3,(H,30,33)/t18-/m0/s1. The van der Waals surface area contributed by atoms with Crippen molar-refractivity contribution < 1.29 is 27.5 Å². The van der Waals surface area contributed by atoms with Gasteiger partial charge >= 0.3 is 6.09 Å². The second-order valence-electron chi connectivity index (χ2n) is 8.65. The van der Waals surface area contributed by atoms with Crippen molar-refractivity contribution in [1.82, 2.24) is 4.72 Å². The molecule has 12 heteroatoms. The molecule has 1 atom stereocenters. The van der Waals surface area contributed by atoms with E-state index in [2.05, 4.69) is 16.1 Å². The molecule has 2 fully saturated rings. The van der Waals surface area contributed by atoms with Crippen LogP contribution in [0.3, 0.4) is 0 Å². The van der Waals surface area contributed by atoms with Gasteiger partial charge in [0.2, 0.25) is 5.91 Å². The van der Waals surface area contributed by atoms with Crippen LogP contribution in [0.5, 0.6) is 0 Å². The monoisotopic (exact) mass is 519 g/mol. The molecular weight excluding hydrogens is 495 g/mol. The predicted molar refractivity (Wildman–Crippen MR) is 130 cm³/mol. The first-order valence-corrected chi connectivity index (χ1v) is 12.2. The van der Waals surface area contributed by atoms with Gasteiger partial charge in [-0.2, -0.15) is 5.26 Å². The van der Waals surface area contributed by atoms with Gasteiger partial charge in [-0.1, -0.05) is 0 Å². The second kappa shape index (κ2) is 10.6. The van der Waals surface area contributed by atoms with Crippen LogP contribution < -0.4 is 19.8 Å². The number of nitriles is 1. The summed E-state index contributed by atoms with van der Waals surface area (Å²) in [4.78, 5) is 26.4. The van der Waals surface area contributed by atoms with Crippen LogP contribution in [0.4, 0.5) is 35.0 Å². The summed E-state index contributed by atoms with van der Waals surface area (Å²) in [5, 5.41) is 12.7. The zero-order chi connectivity index (χ0) is 25.9. The Balaban J connectivity index is 1.39. The van der Waals surface area contributed by atoms with Crippen LogP contribution in [0.2, 0.25) is 0 Å². The molecule has 36 heavy (non-hydrogen) atoms. The van der Waals surface area contributed by atoms with Gasteiger partial charge in [-0.05, 0) is 42.3 Å². The van der Waals surface area contributed by atoms with Crippen molar-refractivity contribution in [2.24, 2.45) is 0 Å². The maximum absolute atomic E-state index is 15.1. The molecule has 0 unspecified atom stereocenters. The Bertz CT molecular complexity index is 1200. The van der Waals surface area contributed by atoms with Crippen molar-refractivity contribution in [2.75, 3.05) is 40.5 Å². The Kier molecular flexibility index (Phi) is 7.49. The molecule has 0 aliphatic carbocycles. The molecule has 190 valence electrons. The average Bonchev–Trinajstić information content (AvgIpc) is 3.21. The first kappa shape index (κ1) is 25.5. The van der Waals surface area contributed by atoms with Crippen molar-refractivity contribution in [3.8, 4) is 6.07 Å². The summed E-state index contributed by atoms with van der Waals surface area (Å²) in [6.07, 6.45) is -0.468. The van der Waals surface area contributed by atoms with E-state index in [1.807, 2.05) is 0 Å². The van der Waals surface area contributed by atoms with E-state index in [0.29, 0.717) is 30.2 Å². The molecule has 2 aromatic rings. The van der Waals surface area contributed by atoms with Crippen LogP contribution >= 0.6 is 11.9 Å². The molecule has 0 saturated carbocycles. The number of ether oxygens (including phenoxy) is 1. The number of carbonyl (C=O) groups excluding carboxylic acids is 2. The number of halogens is 3. The average molecular weight is 520 g/mol. The molecule has 0 aromatic heterocycles. The first-order valence-electron chi connectivity index (χ1n) is 11.3. The van der Waals surface area contributed by atoms with Gasteiger partial charge in [0, 0.05) is 38.9 Å². The van der Waals surface area contributed by atoms with Crippen molar-refractivity contribution in [2.45, 2.75) is 31.4 Å². The van der Waals surface area contributed by atoms with Crippen molar-refractivity contribution in [1.29, 1.82) is 5.26 Å². The lowest BCUT2D eigenvalue weighted by Crippen LogP contribution is -2.48. The summed E-state index contributed by atoms with van der Waals surface area (Å²) < 4.78 is 50.2. The molecule has 2 amide bonds. The van der Waals surface area contributed by atoms with E-state index < -0.39 is 35.2 Å². The Hall–Kier alpha value is -3.59. The van der Waals surface area contributed by atoms with E-state index in [1.54, 1.807) is 17.0 Å². The zero-order valence-electron chi connectivity index (χ0n) is 19.4. The van der Waals surface area contributed by atoms with E-state index in [1.165, 1.54) is 24.0 Å². The largest absolute Gasteiger partial charge is 0.443 e. The Morgan fingerprint density at radius 3 is 2.58 bits per heavy atom. The molecule has 2 aliphatic rings. The third-order valence-corrected chi connectivity index (χ3v) is 7.05. The highest BCUT2D eigenvalue weighted by Gasteiger charge is 2.37. The smallest absolute Gasteiger partial charge is 0.414 e. The number of piperidine rings is 1. The minimum absolute atomic E-state index is 0.0354. The molecule has 4 rings (SSSR count). The number of cyclic esters (lactones) is 1. The highest BCUT2D eigenvalue weighted by Crippen LogP contribution is 2.33. The summed E-state index contributed by atoms with van der Waals surface area (Å²) >= 11 is 1.14. The molecular formula is C24H24F3N5O3S. The third-order valence-electron chi connectivity index (χ3n) is 6.08. The van der Waals surface area contributed by atoms with Crippen LogP contribution in [0, 0.1) is 28.8 Å². The summed E-state index contributed by atoms with van der Waals surface area (Å²) in [6, 6.07) is 9.77. The van der Waals surface area contributed by atoms with Crippen molar-refractivity contribution in [3.05, 3.63) is 53.8 Å². The number of hydrogen-bond donors (Lipinski definition) is 2. The number of nitrogens with one attached hydrogen (secondary N) is 2. The first-order chi connectivity index (χ1) is 17.2. The number of carbonyl (C=O) groups is 2. The van der Waals surface area contributed by atoms with Gasteiger partial charge in [0.25, 0.3) is 0 Å². The van der Waals surface area contributed by atoms with Crippen LogP contribution in [0.25, 0.3) is 0 Å². The molecule has 8 nitrogen and oxygen atoms in total. The molecule has 2 heterocycles. The summed E-state index contributed by atoms with van der Waals surface area (Å²) in [6.45, 7) is 2.26. The Morgan fingerprint density at radius 2 is 1.94 bits per heavy atom. The normalized spacial score (nSPS) is 19.0. The SMILES string of the molecule is CC(=O)NSC[C@@H]1CN(c2ccc(N3CCC(C#N)(Nc4ccc(F)cc4F)CC3)c(F)c2)C(=O)O1. The van der Waals surface area contributed by atoms with Gasteiger partial charge in [-0.25, -0.2) is 18.0 Å². The van der Waals surface area contributed by atoms with E-state index in [0.717, 1.165) is 24.1 Å². The minimum Gasteiger partial charge on any atom is -0.443 e. The second-order valence-corrected chi connectivity index (χ2v) is 9.48. The van der Waals surface area contributed by atoms with Gasteiger partial charge in [-0.15, -0.1) is 0 Å². The van der Waals surface area contributed by atoms with Gasteiger partial charge in [0.15, 0.2) is 0 Å². The van der Waals surface area contributed by atoms with Crippen LogP contribution in [0.15, 0.2) is 36.4 Å². The fourth-order valence-electron chi connectivity index (χ4n) is 4.22. The predicted octanol–water partition coefficient (Wildman–Crippen LogP) is 4.19. The lowest BCUT2D eigenvalue weighted by atomic mass is 9.88. The summed E-state index contributed by atoms with van der Waals surface area (Å²) in [5.74, 6) is -1.86. The lowest BCUT2D eigenvalue weighted by molar-refractivity contribution is -0.117. The van der Waals surface area contributed by atoms with Crippen molar-refractivity contribution >= 4 is 41.0 Å². The lowest BCUT2D eigenvalue weighted by Gasteiger charge is -2.39. The summed E-state index contributed by atoms with van der Waals surface area (Å²) in [7, 11) is 0. The highest BCUT2D eigenvalue weighted by atomic mass is 32.2. The number of hydrogen-bond acceptors (Lipinski definition) is 7. The maximum atomic E-state index is 15.1. The molecule has 0 spiro atoms. The van der Waals surface area contributed by atoms with Crippen molar-refractivity contribution in [3.63, 3.8) is 0 Å². The highest BCUT2D eigenvalue weighted by molar-refractivity contribution is 7.97. The number of nitrogens with zero attached hydrogens (tertiary/aromatic N) is 3. The maximum Gasteiger partial charge on any atom is 0.414 e. The molecule has 2 aromatic carbocycles. The van der Waals surface area contributed by atoms with E-state index in [4.69, 9.17) is 4.74 Å². The Morgan fingerprint density at radius 1 is 1.19 bits per heavy atom. The van der Waals surface area contributed by atoms with Gasteiger partial charge < -0.3 is 19.7 Å². The van der Waals surface area contributed by atoms with E-state index in [-0.39, 0.29) is 31.0 Å². The van der Waals surface area contributed by atoms with Crippen LogP contribution in [-0.4, -0.2) is 49.0 Å². The zero-order valence-corrected chi connectivity index (χ0v) is 20.2. The molecule has 0 radical (unpaired) electrons. The third kappa shape index (κ3) is 5.62.